The zero-order valence-corrected chi connectivity index (χ0v) is 9.30. The normalized spacial score (nSPS) is 10.2. The molecule has 1 aromatic rings. The molecule has 14 heavy (non-hydrogen) atoms. The van der Waals surface area contributed by atoms with Crippen LogP contribution in [0.25, 0.3) is 0 Å². The third-order valence-corrected chi connectivity index (χ3v) is 2.30. The van der Waals surface area contributed by atoms with Crippen LogP contribution in [0.15, 0.2) is 6.33 Å². The van der Waals surface area contributed by atoms with Crippen molar-refractivity contribution in [3.8, 4) is 0 Å². The van der Waals surface area contributed by atoms with E-state index in [9.17, 15) is 0 Å². The second kappa shape index (κ2) is 5.58. The van der Waals surface area contributed by atoms with Crippen LogP contribution in [0.2, 0.25) is 0 Å². The second-order valence-corrected chi connectivity index (χ2v) is 3.43. The molecule has 0 aliphatic heterocycles. The van der Waals surface area contributed by atoms with Gasteiger partial charge in [0.15, 0.2) is 0 Å². The molecule has 0 aromatic carbocycles. The Morgan fingerprint density at radius 3 is 2.71 bits per heavy atom. The molecular formula is C11H19N3. The highest BCUT2D eigenvalue weighted by Gasteiger charge is 2.04. The number of nitrogens with zero attached hydrogens (tertiary/aromatic N) is 2. The Labute approximate surface area is 86.0 Å². The van der Waals surface area contributed by atoms with Gasteiger partial charge in [-0.1, -0.05) is 13.3 Å². The molecule has 0 aliphatic carbocycles. The van der Waals surface area contributed by atoms with E-state index in [1.54, 1.807) is 6.33 Å². The second-order valence-electron chi connectivity index (χ2n) is 3.43. The summed E-state index contributed by atoms with van der Waals surface area (Å²) in [5, 5.41) is 3.24. The van der Waals surface area contributed by atoms with E-state index in [1.165, 1.54) is 24.1 Å². The quantitative estimate of drug-likeness (QED) is 0.781. The van der Waals surface area contributed by atoms with Crippen LogP contribution in [0, 0.1) is 6.92 Å². The average molecular weight is 193 g/mol. The first-order valence-electron chi connectivity index (χ1n) is 5.33. The summed E-state index contributed by atoms with van der Waals surface area (Å²) in [5.41, 5.74) is 2.38. The fourth-order valence-electron chi connectivity index (χ4n) is 1.43. The highest BCUT2D eigenvalue weighted by Crippen LogP contribution is 2.15. The fraction of sp³-hybridized carbons (Fsp3) is 0.636. The average Bonchev–Trinajstić information content (AvgIpc) is 2.20. The summed E-state index contributed by atoms with van der Waals surface area (Å²) in [7, 11) is 0. The van der Waals surface area contributed by atoms with Gasteiger partial charge in [-0.25, -0.2) is 9.97 Å². The van der Waals surface area contributed by atoms with Gasteiger partial charge in [-0.05, 0) is 26.7 Å². The first-order chi connectivity index (χ1) is 6.79. The third-order valence-electron chi connectivity index (χ3n) is 2.30. The number of anilines is 1. The molecule has 78 valence electrons. The Morgan fingerprint density at radius 2 is 2.07 bits per heavy atom. The van der Waals surface area contributed by atoms with E-state index in [2.05, 4.69) is 36.1 Å². The van der Waals surface area contributed by atoms with Gasteiger partial charge in [0, 0.05) is 17.8 Å². The van der Waals surface area contributed by atoms with Crippen molar-refractivity contribution in [3.05, 3.63) is 17.6 Å². The van der Waals surface area contributed by atoms with E-state index in [0.29, 0.717) is 0 Å². The molecule has 0 spiro atoms. The molecule has 0 amide bonds. The smallest absolute Gasteiger partial charge is 0.132 e. The van der Waals surface area contributed by atoms with Gasteiger partial charge in [0.25, 0.3) is 0 Å². The molecule has 1 rings (SSSR count). The first kappa shape index (κ1) is 11.0. The van der Waals surface area contributed by atoms with Gasteiger partial charge in [-0.3, -0.25) is 0 Å². The molecule has 0 aliphatic rings. The SMILES string of the molecule is CCCCc1ncnc(NCC)c1C. The minimum absolute atomic E-state index is 0.908. The van der Waals surface area contributed by atoms with E-state index >= 15 is 0 Å². The molecular weight excluding hydrogens is 174 g/mol. The molecule has 1 N–H and O–H groups in total. The van der Waals surface area contributed by atoms with Crippen LogP contribution >= 0.6 is 0 Å². The van der Waals surface area contributed by atoms with Gasteiger partial charge in [-0.2, -0.15) is 0 Å². The van der Waals surface area contributed by atoms with Crippen molar-refractivity contribution in [1.29, 1.82) is 0 Å². The summed E-state index contributed by atoms with van der Waals surface area (Å²) >= 11 is 0. The summed E-state index contributed by atoms with van der Waals surface area (Å²) in [4.78, 5) is 8.52. The fourth-order valence-corrected chi connectivity index (χ4v) is 1.43. The van der Waals surface area contributed by atoms with Gasteiger partial charge in [-0.15, -0.1) is 0 Å². The van der Waals surface area contributed by atoms with Crippen molar-refractivity contribution >= 4 is 5.82 Å². The number of hydrogen-bond acceptors (Lipinski definition) is 3. The maximum Gasteiger partial charge on any atom is 0.132 e. The van der Waals surface area contributed by atoms with Crippen molar-refractivity contribution in [2.24, 2.45) is 0 Å². The number of nitrogens with one attached hydrogen (secondary N) is 1. The number of unbranched alkanes of at least 4 members (excludes halogenated alkanes) is 1. The Bertz CT molecular complexity index is 284. The lowest BCUT2D eigenvalue weighted by atomic mass is 10.1. The lowest BCUT2D eigenvalue weighted by molar-refractivity contribution is 0.767. The lowest BCUT2D eigenvalue weighted by Gasteiger charge is -2.09. The number of hydrogen-bond donors (Lipinski definition) is 1. The topological polar surface area (TPSA) is 37.8 Å². The van der Waals surface area contributed by atoms with Crippen LogP contribution < -0.4 is 5.32 Å². The molecule has 0 unspecified atom stereocenters. The molecule has 0 radical (unpaired) electrons. The van der Waals surface area contributed by atoms with Gasteiger partial charge in [0.1, 0.15) is 12.1 Å². The Balaban J connectivity index is 2.78. The van der Waals surface area contributed by atoms with Gasteiger partial charge < -0.3 is 5.32 Å². The highest BCUT2D eigenvalue weighted by atomic mass is 15.0. The molecule has 3 heteroatoms. The maximum absolute atomic E-state index is 4.31. The molecule has 0 saturated heterocycles. The van der Waals surface area contributed by atoms with Crippen LogP contribution in [-0.4, -0.2) is 16.5 Å². The maximum atomic E-state index is 4.31. The van der Waals surface area contributed by atoms with Crippen LogP contribution in [-0.2, 0) is 6.42 Å². The van der Waals surface area contributed by atoms with Crippen molar-refractivity contribution in [2.45, 2.75) is 40.0 Å². The van der Waals surface area contributed by atoms with E-state index in [-0.39, 0.29) is 0 Å². The van der Waals surface area contributed by atoms with Crippen molar-refractivity contribution in [2.75, 3.05) is 11.9 Å². The van der Waals surface area contributed by atoms with E-state index in [0.717, 1.165) is 18.8 Å². The molecule has 0 bridgehead atoms. The predicted octanol–water partition coefficient (Wildman–Crippen LogP) is 2.56. The van der Waals surface area contributed by atoms with E-state index < -0.39 is 0 Å². The van der Waals surface area contributed by atoms with Gasteiger partial charge in [0.2, 0.25) is 0 Å². The molecule has 1 aromatic heterocycles. The van der Waals surface area contributed by atoms with Crippen LogP contribution in [0.1, 0.15) is 37.9 Å². The molecule has 0 atom stereocenters. The van der Waals surface area contributed by atoms with E-state index in [1.807, 2.05) is 0 Å². The Hall–Kier alpha value is -1.12. The largest absolute Gasteiger partial charge is 0.370 e. The van der Waals surface area contributed by atoms with Crippen molar-refractivity contribution < 1.29 is 0 Å². The highest BCUT2D eigenvalue weighted by molar-refractivity contribution is 5.44. The summed E-state index contributed by atoms with van der Waals surface area (Å²) in [6, 6.07) is 0. The van der Waals surface area contributed by atoms with Crippen molar-refractivity contribution in [3.63, 3.8) is 0 Å². The number of aromatic nitrogens is 2. The molecule has 0 saturated carbocycles. The zero-order chi connectivity index (χ0) is 10.4. The van der Waals surface area contributed by atoms with Gasteiger partial charge in [0.05, 0.1) is 0 Å². The van der Waals surface area contributed by atoms with E-state index in [4.69, 9.17) is 0 Å². The Morgan fingerprint density at radius 1 is 1.29 bits per heavy atom. The summed E-state index contributed by atoms with van der Waals surface area (Å²) in [6.45, 7) is 7.27. The number of aryl methyl sites for hydroxylation is 1. The monoisotopic (exact) mass is 193 g/mol. The first-order valence-corrected chi connectivity index (χ1v) is 5.33. The van der Waals surface area contributed by atoms with Gasteiger partial charge >= 0.3 is 0 Å². The minimum atomic E-state index is 0.908. The minimum Gasteiger partial charge on any atom is -0.370 e. The van der Waals surface area contributed by atoms with Crippen molar-refractivity contribution in [1.82, 2.24) is 9.97 Å². The Kier molecular flexibility index (Phi) is 4.36. The standard InChI is InChI=1S/C11H19N3/c1-4-6-7-10-9(3)11(12-5-2)14-8-13-10/h8H,4-7H2,1-3H3,(H,12,13,14). The molecule has 3 nitrogen and oxygen atoms in total. The molecule has 0 fully saturated rings. The molecule has 1 heterocycles. The predicted molar refractivity (Wildman–Crippen MR) is 59.5 cm³/mol. The van der Waals surface area contributed by atoms with Crippen LogP contribution in [0.5, 0.6) is 0 Å². The summed E-state index contributed by atoms with van der Waals surface area (Å²) < 4.78 is 0. The number of rotatable bonds is 5. The third kappa shape index (κ3) is 2.69. The van der Waals surface area contributed by atoms with Crippen LogP contribution in [0.4, 0.5) is 5.82 Å². The van der Waals surface area contributed by atoms with Crippen LogP contribution in [0.3, 0.4) is 0 Å². The summed E-state index contributed by atoms with van der Waals surface area (Å²) in [6.07, 6.45) is 5.11. The zero-order valence-electron chi connectivity index (χ0n) is 9.30. The lowest BCUT2D eigenvalue weighted by Crippen LogP contribution is -2.05. The summed E-state index contributed by atoms with van der Waals surface area (Å²) in [5.74, 6) is 0.980.